The van der Waals surface area contributed by atoms with Crippen LogP contribution in [0.15, 0.2) is 18.3 Å². The molecule has 1 N–H and O–H groups in total. The zero-order valence-corrected chi connectivity index (χ0v) is 12.5. The van der Waals surface area contributed by atoms with E-state index >= 15 is 0 Å². The van der Waals surface area contributed by atoms with Crippen molar-refractivity contribution in [1.29, 1.82) is 0 Å². The van der Waals surface area contributed by atoms with Crippen molar-refractivity contribution in [3.8, 4) is 0 Å². The van der Waals surface area contributed by atoms with E-state index in [2.05, 4.69) is 15.2 Å². The fourth-order valence-corrected chi connectivity index (χ4v) is 2.14. The van der Waals surface area contributed by atoms with Crippen molar-refractivity contribution in [1.82, 2.24) is 10.3 Å². The van der Waals surface area contributed by atoms with Crippen LogP contribution in [0, 0.1) is 0 Å². The predicted octanol–water partition coefficient (Wildman–Crippen LogP) is 2.71. The Morgan fingerprint density at radius 3 is 2.60 bits per heavy atom. The molecule has 5 heteroatoms. The summed E-state index contributed by atoms with van der Waals surface area (Å²) in [6.45, 7) is 8.14. The van der Waals surface area contributed by atoms with Gasteiger partial charge in [0.2, 0.25) is 0 Å². The molecule has 0 aliphatic carbocycles. The van der Waals surface area contributed by atoms with Crippen molar-refractivity contribution >= 4 is 11.9 Å². The zero-order chi connectivity index (χ0) is 14.6. The highest BCUT2D eigenvalue weighted by Gasteiger charge is 2.16. The number of hydrogen-bond acceptors (Lipinski definition) is 4. The lowest BCUT2D eigenvalue weighted by Crippen LogP contribution is -2.32. The van der Waals surface area contributed by atoms with Gasteiger partial charge in [0, 0.05) is 25.8 Å². The topological polar surface area (TPSA) is 54.5 Å². The Labute approximate surface area is 120 Å². The van der Waals surface area contributed by atoms with Crippen LogP contribution in [-0.4, -0.2) is 29.8 Å². The van der Waals surface area contributed by atoms with Gasteiger partial charge in [0.25, 0.3) is 0 Å². The Kier molecular flexibility index (Phi) is 4.47. The summed E-state index contributed by atoms with van der Waals surface area (Å²) in [6.07, 6.45) is 3.89. The van der Waals surface area contributed by atoms with Crippen LogP contribution < -0.4 is 10.2 Å². The highest BCUT2D eigenvalue weighted by molar-refractivity contribution is 5.67. The monoisotopic (exact) mass is 277 g/mol. The number of aromatic nitrogens is 1. The predicted molar refractivity (Wildman–Crippen MR) is 78.8 cm³/mol. The molecular formula is C15H23N3O2. The van der Waals surface area contributed by atoms with Gasteiger partial charge < -0.3 is 15.0 Å². The molecule has 1 aliphatic rings. The largest absolute Gasteiger partial charge is 0.444 e. The fraction of sp³-hybridized carbons (Fsp3) is 0.600. The van der Waals surface area contributed by atoms with E-state index in [0.29, 0.717) is 6.54 Å². The summed E-state index contributed by atoms with van der Waals surface area (Å²) < 4.78 is 5.19. The van der Waals surface area contributed by atoms with E-state index in [1.54, 1.807) is 0 Å². The van der Waals surface area contributed by atoms with Gasteiger partial charge in [-0.25, -0.2) is 9.78 Å². The number of nitrogens with zero attached hydrogens (tertiary/aromatic N) is 2. The number of carbonyl (C=O) groups is 1. The summed E-state index contributed by atoms with van der Waals surface area (Å²) in [7, 11) is 0. The van der Waals surface area contributed by atoms with E-state index in [9.17, 15) is 4.79 Å². The number of rotatable bonds is 3. The maximum absolute atomic E-state index is 11.5. The number of hydrogen-bond donors (Lipinski definition) is 1. The minimum absolute atomic E-state index is 0.402. The average molecular weight is 277 g/mol. The van der Waals surface area contributed by atoms with Crippen molar-refractivity contribution in [2.75, 3.05) is 18.0 Å². The quantitative estimate of drug-likeness (QED) is 0.923. The highest BCUT2D eigenvalue weighted by atomic mass is 16.6. The highest BCUT2D eigenvalue weighted by Crippen LogP contribution is 2.17. The van der Waals surface area contributed by atoms with Gasteiger partial charge in [0.05, 0.1) is 0 Å². The van der Waals surface area contributed by atoms with E-state index in [4.69, 9.17) is 4.74 Å². The third-order valence-electron chi connectivity index (χ3n) is 3.07. The Morgan fingerprint density at radius 2 is 2.05 bits per heavy atom. The molecule has 2 rings (SSSR count). The lowest BCUT2D eigenvalue weighted by Gasteiger charge is -2.20. The van der Waals surface area contributed by atoms with Crippen LogP contribution in [0.2, 0.25) is 0 Å². The van der Waals surface area contributed by atoms with Gasteiger partial charge in [0.1, 0.15) is 11.4 Å². The first-order chi connectivity index (χ1) is 9.44. The number of carbonyl (C=O) groups excluding carboxylic acids is 1. The molecule has 0 aromatic carbocycles. The molecule has 1 saturated heterocycles. The minimum Gasteiger partial charge on any atom is -0.444 e. The standard InChI is InChI=1S/C15H23N3O2/c1-15(2,3)20-14(19)17-11-12-6-7-13(16-10-12)18-8-4-5-9-18/h6-7,10H,4-5,8-9,11H2,1-3H3,(H,17,19). The lowest BCUT2D eigenvalue weighted by atomic mass is 10.2. The number of anilines is 1. The van der Waals surface area contributed by atoms with E-state index in [-0.39, 0.29) is 0 Å². The first-order valence-electron chi connectivity index (χ1n) is 7.11. The fourth-order valence-electron chi connectivity index (χ4n) is 2.14. The molecule has 110 valence electrons. The molecule has 0 bridgehead atoms. The van der Waals surface area contributed by atoms with Crippen molar-refractivity contribution in [2.24, 2.45) is 0 Å². The van der Waals surface area contributed by atoms with Crippen molar-refractivity contribution < 1.29 is 9.53 Å². The number of nitrogens with one attached hydrogen (secondary N) is 1. The lowest BCUT2D eigenvalue weighted by molar-refractivity contribution is 0.0523. The van der Waals surface area contributed by atoms with Crippen LogP contribution in [0.25, 0.3) is 0 Å². The van der Waals surface area contributed by atoms with Crippen LogP contribution in [-0.2, 0) is 11.3 Å². The molecule has 1 aliphatic heterocycles. The van der Waals surface area contributed by atoms with E-state index < -0.39 is 11.7 Å². The van der Waals surface area contributed by atoms with Gasteiger partial charge in [-0.05, 0) is 45.2 Å². The van der Waals surface area contributed by atoms with Crippen molar-refractivity contribution in [3.05, 3.63) is 23.9 Å². The normalized spacial score (nSPS) is 15.2. The molecule has 1 aromatic rings. The molecule has 1 fully saturated rings. The van der Waals surface area contributed by atoms with Crippen LogP contribution in [0.5, 0.6) is 0 Å². The van der Waals surface area contributed by atoms with E-state index in [0.717, 1.165) is 24.5 Å². The smallest absolute Gasteiger partial charge is 0.407 e. The number of alkyl carbamates (subject to hydrolysis) is 1. The van der Waals surface area contributed by atoms with Crippen LogP contribution in [0.1, 0.15) is 39.2 Å². The summed E-state index contributed by atoms with van der Waals surface area (Å²) in [4.78, 5) is 18.3. The summed E-state index contributed by atoms with van der Waals surface area (Å²) in [5, 5.41) is 2.73. The van der Waals surface area contributed by atoms with Gasteiger partial charge in [-0.1, -0.05) is 6.07 Å². The second-order valence-corrected chi connectivity index (χ2v) is 6.07. The van der Waals surface area contributed by atoms with Crippen LogP contribution >= 0.6 is 0 Å². The first kappa shape index (κ1) is 14.6. The van der Waals surface area contributed by atoms with Gasteiger partial charge in [-0.15, -0.1) is 0 Å². The van der Waals surface area contributed by atoms with Crippen LogP contribution in [0.4, 0.5) is 10.6 Å². The number of amides is 1. The molecule has 5 nitrogen and oxygen atoms in total. The molecule has 0 radical (unpaired) electrons. The summed E-state index contributed by atoms with van der Waals surface area (Å²) in [5.41, 5.74) is 0.501. The zero-order valence-electron chi connectivity index (χ0n) is 12.5. The molecule has 2 heterocycles. The maximum Gasteiger partial charge on any atom is 0.407 e. The number of ether oxygens (including phenoxy) is 1. The van der Waals surface area contributed by atoms with E-state index in [1.807, 2.05) is 39.1 Å². The second kappa shape index (κ2) is 6.11. The molecule has 0 spiro atoms. The third-order valence-corrected chi connectivity index (χ3v) is 3.07. The summed E-state index contributed by atoms with van der Waals surface area (Å²) >= 11 is 0. The van der Waals surface area contributed by atoms with Gasteiger partial charge in [-0.2, -0.15) is 0 Å². The molecular weight excluding hydrogens is 254 g/mol. The molecule has 1 aromatic heterocycles. The summed E-state index contributed by atoms with van der Waals surface area (Å²) in [5.74, 6) is 1.02. The van der Waals surface area contributed by atoms with Gasteiger partial charge in [0.15, 0.2) is 0 Å². The molecule has 20 heavy (non-hydrogen) atoms. The van der Waals surface area contributed by atoms with Crippen molar-refractivity contribution in [2.45, 2.75) is 45.8 Å². The Morgan fingerprint density at radius 1 is 1.35 bits per heavy atom. The average Bonchev–Trinajstić information content (AvgIpc) is 2.89. The molecule has 0 atom stereocenters. The third kappa shape index (κ3) is 4.40. The SMILES string of the molecule is CC(C)(C)OC(=O)NCc1ccc(N2CCCC2)nc1. The Bertz CT molecular complexity index is 445. The summed E-state index contributed by atoms with van der Waals surface area (Å²) in [6, 6.07) is 4.01. The number of pyridine rings is 1. The van der Waals surface area contributed by atoms with Crippen LogP contribution in [0.3, 0.4) is 0 Å². The Hall–Kier alpha value is -1.78. The second-order valence-electron chi connectivity index (χ2n) is 6.07. The van der Waals surface area contributed by atoms with Gasteiger partial charge in [-0.3, -0.25) is 0 Å². The molecule has 0 saturated carbocycles. The van der Waals surface area contributed by atoms with Crippen molar-refractivity contribution in [3.63, 3.8) is 0 Å². The van der Waals surface area contributed by atoms with E-state index in [1.165, 1.54) is 12.8 Å². The first-order valence-corrected chi connectivity index (χ1v) is 7.11. The minimum atomic E-state index is -0.470. The molecule has 0 unspecified atom stereocenters. The Balaban J connectivity index is 1.83. The molecule has 1 amide bonds. The maximum atomic E-state index is 11.5. The van der Waals surface area contributed by atoms with Gasteiger partial charge >= 0.3 is 6.09 Å².